The van der Waals surface area contributed by atoms with E-state index in [0.29, 0.717) is 24.7 Å². The standard InChI is InChI=1S/C13H18BrN3O2S/c1-3-5-19-12-7-10(14)9(6-11(12)18-4-2)8-16-17-13(15)20/h6-8H,3-5H2,1-2H3,(H3,15,17,20). The summed E-state index contributed by atoms with van der Waals surface area (Å²) in [5.74, 6) is 1.39. The van der Waals surface area contributed by atoms with E-state index < -0.39 is 0 Å². The molecule has 0 spiro atoms. The summed E-state index contributed by atoms with van der Waals surface area (Å²) in [5.41, 5.74) is 8.64. The van der Waals surface area contributed by atoms with Crippen LogP contribution in [0.15, 0.2) is 21.7 Å². The summed E-state index contributed by atoms with van der Waals surface area (Å²) >= 11 is 8.15. The van der Waals surface area contributed by atoms with Crippen LogP contribution in [0.1, 0.15) is 25.8 Å². The van der Waals surface area contributed by atoms with Gasteiger partial charge in [0.05, 0.1) is 19.4 Å². The number of rotatable bonds is 7. The smallest absolute Gasteiger partial charge is 0.184 e. The van der Waals surface area contributed by atoms with Crippen molar-refractivity contribution in [2.24, 2.45) is 10.8 Å². The van der Waals surface area contributed by atoms with Crippen molar-refractivity contribution >= 4 is 39.5 Å². The summed E-state index contributed by atoms with van der Waals surface area (Å²) in [5, 5.41) is 4.04. The molecule has 0 aliphatic carbocycles. The molecule has 1 aromatic carbocycles. The molecule has 0 atom stereocenters. The number of benzene rings is 1. The summed E-state index contributed by atoms with van der Waals surface area (Å²) in [6, 6.07) is 3.71. The van der Waals surface area contributed by atoms with Crippen LogP contribution in [0.4, 0.5) is 0 Å². The molecule has 0 amide bonds. The summed E-state index contributed by atoms with van der Waals surface area (Å²) in [7, 11) is 0. The van der Waals surface area contributed by atoms with E-state index in [2.05, 4.69) is 45.6 Å². The van der Waals surface area contributed by atoms with Gasteiger partial charge in [-0.25, -0.2) is 0 Å². The number of nitrogens with one attached hydrogen (secondary N) is 1. The maximum Gasteiger partial charge on any atom is 0.184 e. The second-order valence-electron chi connectivity index (χ2n) is 3.84. The quantitative estimate of drug-likeness (QED) is 0.445. The molecule has 0 aromatic heterocycles. The second kappa shape index (κ2) is 8.76. The number of thiocarbonyl (C=S) groups is 1. The topological polar surface area (TPSA) is 68.9 Å². The highest BCUT2D eigenvalue weighted by Gasteiger charge is 2.09. The molecule has 0 heterocycles. The number of hydrogen-bond donors (Lipinski definition) is 2. The first-order valence-electron chi connectivity index (χ1n) is 6.26. The zero-order valence-electron chi connectivity index (χ0n) is 11.5. The van der Waals surface area contributed by atoms with Gasteiger partial charge in [-0.2, -0.15) is 5.10 Å². The van der Waals surface area contributed by atoms with Crippen molar-refractivity contribution < 1.29 is 9.47 Å². The Balaban J connectivity index is 2.99. The molecule has 20 heavy (non-hydrogen) atoms. The summed E-state index contributed by atoms with van der Waals surface area (Å²) in [6.45, 7) is 5.18. The van der Waals surface area contributed by atoms with Crippen LogP contribution in [0.2, 0.25) is 0 Å². The van der Waals surface area contributed by atoms with Gasteiger partial charge in [0, 0.05) is 10.0 Å². The third kappa shape index (κ3) is 5.34. The molecule has 0 saturated carbocycles. The predicted octanol–water partition coefficient (Wildman–Crippen LogP) is 2.80. The van der Waals surface area contributed by atoms with Crippen LogP contribution in [0.3, 0.4) is 0 Å². The van der Waals surface area contributed by atoms with Crippen LogP contribution in [-0.4, -0.2) is 24.5 Å². The van der Waals surface area contributed by atoms with Crippen molar-refractivity contribution in [3.8, 4) is 11.5 Å². The van der Waals surface area contributed by atoms with E-state index in [1.807, 2.05) is 19.1 Å². The largest absolute Gasteiger partial charge is 0.490 e. The van der Waals surface area contributed by atoms with E-state index in [9.17, 15) is 0 Å². The minimum absolute atomic E-state index is 0.116. The number of hydrazone groups is 1. The molecule has 0 radical (unpaired) electrons. The van der Waals surface area contributed by atoms with E-state index in [1.54, 1.807) is 6.21 Å². The Hall–Kier alpha value is -1.34. The maximum atomic E-state index is 5.66. The average molecular weight is 360 g/mol. The molecule has 0 bridgehead atoms. The number of nitrogens with two attached hydrogens (primary N) is 1. The fourth-order valence-corrected chi connectivity index (χ4v) is 1.89. The van der Waals surface area contributed by atoms with Crippen molar-refractivity contribution in [3.05, 3.63) is 22.2 Å². The van der Waals surface area contributed by atoms with Gasteiger partial charge in [0.15, 0.2) is 16.6 Å². The lowest BCUT2D eigenvalue weighted by molar-refractivity contribution is 0.276. The molecule has 0 aliphatic heterocycles. The lowest BCUT2D eigenvalue weighted by Crippen LogP contribution is -2.24. The van der Waals surface area contributed by atoms with Crippen molar-refractivity contribution in [2.75, 3.05) is 13.2 Å². The summed E-state index contributed by atoms with van der Waals surface area (Å²) in [4.78, 5) is 0. The van der Waals surface area contributed by atoms with Crippen LogP contribution in [0, 0.1) is 0 Å². The Morgan fingerprint density at radius 1 is 1.40 bits per heavy atom. The zero-order chi connectivity index (χ0) is 15.0. The van der Waals surface area contributed by atoms with Gasteiger partial charge in [-0.05, 0) is 53.6 Å². The Bertz CT molecular complexity index is 495. The van der Waals surface area contributed by atoms with Gasteiger partial charge in [-0.15, -0.1) is 0 Å². The molecular weight excluding hydrogens is 342 g/mol. The third-order valence-electron chi connectivity index (χ3n) is 2.20. The van der Waals surface area contributed by atoms with E-state index in [0.717, 1.165) is 16.5 Å². The minimum atomic E-state index is 0.116. The van der Waals surface area contributed by atoms with Crippen LogP contribution >= 0.6 is 28.1 Å². The number of ether oxygens (including phenoxy) is 2. The van der Waals surface area contributed by atoms with Crippen LogP contribution in [0.5, 0.6) is 11.5 Å². The minimum Gasteiger partial charge on any atom is -0.490 e. The molecule has 7 heteroatoms. The molecule has 0 unspecified atom stereocenters. The predicted molar refractivity (Wildman–Crippen MR) is 88.6 cm³/mol. The Kier molecular flexibility index (Phi) is 7.32. The van der Waals surface area contributed by atoms with Crippen LogP contribution < -0.4 is 20.6 Å². The van der Waals surface area contributed by atoms with Crippen molar-refractivity contribution in [1.82, 2.24) is 5.43 Å². The average Bonchev–Trinajstić information content (AvgIpc) is 2.40. The molecule has 3 N–H and O–H groups in total. The highest BCUT2D eigenvalue weighted by atomic mass is 79.9. The van der Waals surface area contributed by atoms with E-state index >= 15 is 0 Å². The van der Waals surface area contributed by atoms with E-state index in [-0.39, 0.29) is 5.11 Å². The fraction of sp³-hybridized carbons (Fsp3) is 0.385. The van der Waals surface area contributed by atoms with Gasteiger partial charge in [-0.3, -0.25) is 5.43 Å². The highest BCUT2D eigenvalue weighted by molar-refractivity contribution is 9.10. The molecule has 0 aliphatic rings. The molecule has 0 saturated heterocycles. The molecule has 1 aromatic rings. The first-order valence-corrected chi connectivity index (χ1v) is 7.46. The van der Waals surface area contributed by atoms with Gasteiger partial charge in [-0.1, -0.05) is 6.92 Å². The molecular formula is C13H18BrN3O2S. The normalized spacial score (nSPS) is 10.6. The van der Waals surface area contributed by atoms with E-state index in [4.69, 9.17) is 15.2 Å². The molecule has 1 rings (SSSR count). The third-order valence-corrected chi connectivity index (χ3v) is 2.98. The summed E-state index contributed by atoms with van der Waals surface area (Å²) < 4.78 is 12.1. The Labute approximate surface area is 132 Å². The maximum absolute atomic E-state index is 5.66. The number of hydrogen-bond acceptors (Lipinski definition) is 4. The Morgan fingerprint density at radius 3 is 2.70 bits per heavy atom. The van der Waals surface area contributed by atoms with Gasteiger partial charge in [0.2, 0.25) is 0 Å². The first kappa shape index (κ1) is 16.7. The lowest BCUT2D eigenvalue weighted by Gasteiger charge is -2.13. The van der Waals surface area contributed by atoms with Crippen molar-refractivity contribution in [3.63, 3.8) is 0 Å². The van der Waals surface area contributed by atoms with Crippen LogP contribution in [-0.2, 0) is 0 Å². The van der Waals surface area contributed by atoms with Crippen LogP contribution in [0.25, 0.3) is 0 Å². The molecule has 5 nitrogen and oxygen atoms in total. The zero-order valence-corrected chi connectivity index (χ0v) is 13.9. The number of nitrogens with zero attached hydrogens (tertiary/aromatic N) is 1. The highest BCUT2D eigenvalue weighted by Crippen LogP contribution is 2.33. The number of halogens is 1. The lowest BCUT2D eigenvalue weighted by atomic mass is 10.2. The van der Waals surface area contributed by atoms with Gasteiger partial charge < -0.3 is 15.2 Å². The SMILES string of the molecule is CCCOc1cc(Br)c(C=NNC(N)=S)cc1OCC. The van der Waals surface area contributed by atoms with E-state index in [1.165, 1.54) is 0 Å². The van der Waals surface area contributed by atoms with Gasteiger partial charge in [0.1, 0.15) is 0 Å². The Morgan fingerprint density at radius 2 is 2.10 bits per heavy atom. The van der Waals surface area contributed by atoms with Crippen molar-refractivity contribution in [1.29, 1.82) is 0 Å². The van der Waals surface area contributed by atoms with Gasteiger partial charge in [0.25, 0.3) is 0 Å². The monoisotopic (exact) mass is 359 g/mol. The molecule has 0 fully saturated rings. The van der Waals surface area contributed by atoms with Crippen molar-refractivity contribution in [2.45, 2.75) is 20.3 Å². The molecule has 110 valence electrons. The second-order valence-corrected chi connectivity index (χ2v) is 5.13. The first-order chi connectivity index (χ1) is 9.58. The van der Waals surface area contributed by atoms with Gasteiger partial charge >= 0.3 is 0 Å². The fourth-order valence-electron chi connectivity index (χ4n) is 1.41. The summed E-state index contributed by atoms with van der Waals surface area (Å²) in [6.07, 6.45) is 2.54.